The number of hydrogen-bond donors (Lipinski definition) is 5. The number of amides is 2. The van der Waals surface area contributed by atoms with Gasteiger partial charge in [0.2, 0.25) is 11.8 Å². The lowest BCUT2D eigenvalue weighted by atomic mass is 9.97. The Bertz CT molecular complexity index is 454. The molecule has 23 heavy (non-hydrogen) atoms. The van der Waals surface area contributed by atoms with E-state index in [-0.39, 0.29) is 18.8 Å². The highest BCUT2D eigenvalue weighted by Gasteiger charge is 2.29. The van der Waals surface area contributed by atoms with Crippen LogP contribution in [0.1, 0.15) is 40.0 Å². The zero-order valence-corrected chi connectivity index (χ0v) is 13.5. The number of carbonyl (C=O) groups excluding carboxylic acids is 2. The molecule has 0 saturated heterocycles. The van der Waals surface area contributed by atoms with Crippen LogP contribution in [0.5, 0.6) is 0 Å². The summed E-state index contributed by atoms with van der Waals surface area (Å²) in [5.74, 6) is -3.76. The summed E-state index contributed by atoms with van der Waals surface area (Å²) in [5, 5.41) is 22.2. The van der Waals surface area contributed by atoms with Crippen molar-refractivity contribution in [3.63, 3.8) is 0 Å². The first-order valence-electron chi connectivity index (χ1n) is 7.41. The summed E-state index contributed by atoms with van der Waals surface area (Å²) in [6.45, 7) is 4.87. The zero-order chi connectivity index (χ0) is 18.2. The van der Waals surface area contributed by atoms with Crippen molar-refractivity contribution in [1.82, 2.24) is 10.6 Å². The van der Waals surface area contributed by atoms with Crippen molar-refractivity contribution in [1.29, 1.82) is 0 Å². The van der Waals surface area contributed by atoms with Gasteiger partial charge < -0.3 is 26.6 Å². The Morgan fingerprint density at radius 2 is 1.61 bits per heavy atom. The number of carboxylic acid groups (broad SMARTS) is 2. The van der Waals surface area contributed by atoms with Crippen molar-refractivity contribution in [3.8, 4) is 0 Å². The summed E-state index contributed by atoms with van der Waals surface area (Å²) >= 11 is 0. The maximum absolute atomic E-state index is 12.2. The summed E-state index contributed by atoms with van der Waals surface area (Å²) in [7, 11) is 0. The molecule has 9 heteroatoms. The van der Waals surface area contributed by atoms with E-state index in [0.29, 0.717) is 6.42 Å². The first kappa shape index (κ1) is 20.8. The minimum absolute atomic E-state index is 0.0540. The first-order valence-corrected chi connectivity index (χ1v) is 7.41. The van der Waals surface area contributed by atoms with Gasteiger partial charge in [0, 0.05) is 6.42 Å². The Labute approximate surface area is 134 Å². The number of carboxylic acids is 2. The molecule has 0 aromatic heterocycles. The van der Waals surface area contributed by atoms with Crippen molar-refractivity contribution in [2.75, 3.05) is 0 Å². The number of carbonyl (C=O) groups is 4. The molecule has 0 radical (unpaired) electrons. The third kappa shape index (κ3) is 7.59. The molecule has 0 fully saturated rings. The molecule has 0 bridgehead atoms. The molecular formula is C14H25N3O6. The third-order valence-electron chi connectivity index (χ3n) is 3.53. The summed E-state index contributed by atoms with van der Waals surface area (Å²) in [4.78, 5) is 45.4. The fraction of sp³-hybridized carbons (Fsp3) is 0.714. The SMILES string of the molecule is CCC(C)C(NC(=O)C(N)CCC(=O)O)C(=O)NC(C)C(=O)O. The predicted molar refractivity (Wildman–Crippen MR) is 81.5 cm³/mol. The van der Waals surface area contributed by atoms with Gasteiger partial charge in [-0.05, 0) is 19.3 Å². The fourth-order valence-corrected chi connectivity index (χ4v) is 1.74. The zero-order valence-electron chi connectivity index (χ0n) is 13.5. The minimum Gasteiger partial charge on any atom is -0.481 e. The van der Waals surface area contributed by atoms with Gasteiger partial charge in [-0.15, -0.1) is 0 Å². The molecule has 4 unspecified atom stereocenters. The van der Waals surface area contributed by atoms with E-state index >= 15 is 0 Å². The second-order valence-electron chi connectivity index (χ2n) is 5.48. The van der Waals surface area contributed by atoms with Gasteiger partial charge in [-0.1, -0.05) is 20.3 Å². The van der Waals surface area contributed by atoms with Gasteiger partial charge in [0.15, 0.2) is 0 Å². The molecule has 0 aliphatic rings. The summed E-state index contributed by atoms with van der Waals surface area (Å²) in [5.41, 5.74) is 5.60. The van der Waals surface area contributed by atoms with Gasteiger partial charge in [-0.3, -0.25) is 19.2 Å². The van der Waals surface area contributed by atoms with Crippen LogP contribution in [-0.2, 0) is 19.2 Å². The van der Waals surface area contributed by atoms with E-state index < -0.39 is 41.9 Å². The predicted octanol–water partition coefficient (Wildman–Crippen LogP) is -0.701. The van der Waals surface area contributed by atoms with Crippen LogP contribution in [-0.4, -0.2) is 52.1 Å². The minimum atomic E-state index is -1.19. The Kier molecular flexibility index (Phi) is 8.86. The smallest absolute Gasteiger partial charge is 0.325 e. The third-order valence-corrected chi connectivity index (χ3v) is 3.53. The molecule has 132 valence electrons. The molecule has 0 aliphatic carbocycles. The fourth-order valence-electron chi connectivity index (χ4n) is 1.74. The first-order chi connectivity index (χ1) is 10.6. The number of aliphatic carboxylic acids is 2. The average molecular weight is 331 g/mol. The van der Waals surface area contributed by atoms with Crippen molar-refractivity contribution < 1.29 is 29.4 Å². The molecule has 0 saturated carbocycles. The number of hydrogen-bond acceptors (Lipinski definition) is 5. The van der Waals surface area contributed by atoms with Crippen molar-refractivity contribution in [2.45, 2.75) is 58.2 Å². The van der Waals surface area contributed by atoms with E-state index in [2.05, 4.69) is 10.6 Å². The van der Waals surface area contributed by atoms with Gasteiger partial charge in [-0.25, -0.2) is 0 Å². The highest BCUT2D eigenvalue weighted by atomic mass is 16.4. The van der Waals surface area contributed by atoms with Crippen LogP contribution in [0.25, 0.3) is 0 Å². The Morgan fingerprint density at radius 1 is 1.04 bits per heavy atom. The number of nitrogens with one attached hydrogen (secondary N) is 2. The van der Waals surface area contributed by atoms with E-state index in [4.69, 9.17) is 15.9 Å². The Morgan fingerprint density at radius 3 is 2.04 bits per heavy atom. The van der Waals surface area contributed by atoms with E-state index in [0.717, 1.165) is 0 Å². The molecule has 0 aliphatic heterocycles. The van der Waals surface area contributed by atoms with Gasteiger partial charge in [0.1, 0.15) is 12.1 Å². The lowest BCUT2D eigenvalue weighted by Gasteiger charge is -2.25. The maximum atomic E-state index is 12.2. The molecule has 0 heterocycles. The van der Waals surface area contributed by atoms with E-state index in [9.17, 15) is 19.2 Å². The number of rotatable bonds is 10. The molecule has 0 rings (SSSR count). The summed E-state index contributed by atoms with van der Waals surface area (Å²) < 4.78 is 0. The Hall–Kier alpha value is -2.16. The second-order valence-corrected chi connectivity index (χ2v) is 5.48. The lowest BCUT2D eigenvalue weighted by molar-refractivity contribution is -0.142. The van der Waals surface area contributed by atoms with E-state index in [1.165, 1.54) is 6.92 Å². The average Bonchev–Trinajstić information content (AvgIpc) is 2.48. The molecule has 2 amide bonds. The maximum Gasteiger partial charge on any atom is 0.325 e. The van der Waals surface area contributed by atoms with Crippen LogP contribution in [0.15, 0.2) is 0 Å². The van der Waals surface area contributed by atoms with Gasteiger partial charge in [-0.2, -0.15) is 0 Å². The van der Waals surface area contributed by atoms with Crippen molar-refractivity contribution in [2.24, 2.45) is 11.7 Å². The van der Waals surface area contributed by atoms with Crippen LogP contribution < -0.4 is 16.4 Å². The molecule has 0 aromatic rings. The lowest BCUT2D eigenvalue weighted by Crippen LogP contribution is -2.56. The van der Waals surface area contributed by atoms with Gasteiger partial charge in [0.05, 0.1) is 6.04 Å². The highest BCUT2D eigenvalue weighted by molar-refractivity contribution is 5.91. The molecule has 0 spiro atoms. The number of nitrogens with two attached hydrogens (primary N) is 1. The summed E-state index contributed by atoms with van der Waals surface area (Å²) in [6.07, 6.45) is 0.260. The largest absolute Gasteiger partial charge is 0.481 e. The monoisotopic (exact) mass is 331 g/mol. The molecular weight excluding hydrogens is 306 g/mol. The Balaban J connectivity index is 4.84. The van der Waals surface area contributed by atoms with Gasteiger partial charge >= 0.3 is 11.9 Å². The van der Waals surface area contributed by atoms with Crippen LogP contribution in [0.4, 0.5) is 0 Å². The quantitative estimate of drug-likeness (QED) is 0.354. The highest BCUT2D eigenvalue weighted by Crippen LogP contribution is 2.09. The van der Waals surface area contributed by atoms with E-state index in [1.54, 1.807) is 6.92 Å². The van der Waals surface area contributed by atoms with E-state index in [1.807, 2.05) is 6.92 Å². The van der Waals surface area contributed by atoms with Crippen molar-refractivity contribution >= 4 is 23.8 Å². The normalized spacial score (nSPS) is 15.8. The van der Waals surface area contributed by atoms with Crippen molar-refractivity contribution in [3.05, 3.63) is 0 Å². The molecule has 0 aromatic carbocycles. The van der Waals surface area contributed by atoms with Crippen LogP contribution in [0.3, 0.4) is 0 Å². The topological polar surface area (TPSA) is 159 Å². The molecule has 4 atom stereocenters. The molecule has 6 N–H and O–H groups in total. The standard InChI is InChI=1S/C14H25N3O6/c1-4-7(2)11(13(21)16-8(3)14(22)23)17-12(20)9(15)5-6-10(18)19/h7-9,11H,4-6,15H2,1-3H3,(H,16,21)(H,17,20)(H,18,19)(H,22,23). The molecule has 9 nitrogen and oxygen atoms in total. The van der Waals surface area contributed by atoms with Crippen LogP contribution >= 0.6 is 0 Å². The van der Waals surface area contributed by atoms with Crippen LogP contribution in [0.2, 0.25) is 0 Å². The second kappa shape index (κ2) is 9.78. The van der Waals surface area contributed by atoms with Gasteiger partial charge in [0.25, 0.3) is 0 Å². The summed E-state index contributed by atoms with van der Waals surface area (Å²) in [6, 6.07) is -3.08. The van der Waals surface area contributed by atoms with Crippen LogP contribution in [0, 0.1) is 5.92 Å².